The number of aryl methyl sites for hydroxylation is 1. The lowest BCUT2D eigenvalue weighted by atomic mass is 10.2. The van der Waals surface area contributed by atoms with Crippen LogP contribution < -0.4 is 14.8 Å². The standard InChI is InChI=1S/C19H24N2O5S/c1-5-25-16-8-6-15(7-9-16)20-19(22)13-26-18-11-10-17(12-14(18)2)27(23,24)21(3)4/h6-12H,5,13H2,1-4H3,(H,20,22). The van der Waals surface area contributed by atoms with Crippen LogP contribution in [0.15, 0.2) is 47.4 Å². The Labute approximate surface area is 160 Å². The molecule has 8 heteroatoms. The molecule has 2 aromatic rings. The van der Waals surface area contributed by atoms with Gasteiger partial charge in [-0.3, -0.25) is 4.79 Å². The van der Waals surface area contributed by atoms with Gasteiger partial charge in [-0.05, 0) is 61.9 Å². The number of rotatable bonds is 8. The van der Waals surface area contributed by atoms with E-state index in [-0.39, 0.29) is 17.4 Å². The quantitative estimate of drug-likeness (QED) is 0.747. The molecule has 0 bridgehead atoms. The molecule has 1 amide bonds. The van der Waals surface area contributed by atoms with Crippen LogP contribution in [0.1, 0.15) is 12.5 Å². The summed E-state index contributed by atoms with van der Waals surface area (Å²) in [6, 6.07) is 11.6. The zero-order chi connectivity index (χ0) is 20.0. The van der Waals surface area contributed by atoms with Gasteiger partial charge < -0.3 is 14.8 Å². The second-order valence-corrected chi connectivity index (χ2v) is 8.16. The first kappa shape index (κ1) is 20.7. The fraction of sp³-hybridized carbons (Fsp3) is 0.316. The summed E-state index contributed by atoms with van der Waals surface area (Å²) in [6.45, 7) is 4.02. The Kier molecular flexibility index (Phi) is 6.81. The third kappa shape index (κ3) is 5.45. The minimum Gasteiger partial charge on any atom is -0.494 e. The monoisotopic (exact) mass is 392 g/mol. The van der Waals surface area contributed by atoms with E-state index in [1.54, 1.807) is 37.3 Å². The Morgan fingerprint density at radius 3 is 2.30 bits per heavy atom. The molecule has 0 radical (unpaired) electrons. The Morgan fingerprint density at radius 2 is 1.74 bits per heavy atom. The summed E-state index contributed by atoms with van der Waals surface area (Å²) in [5.41, 5.74) is 1.27. The van der Waals surface area contributed by atoms with E-state index in [1.165, 1.54) is 26.2 Å². The van der Waals surface area contributed by atoms with Gasteiger partial charge >= 0.3 is 0 Å². The molecule has 0 saturated heterocycles. The summed E-state index contributed by atoms with van der Waals surface area (Å²) < 4.78 is 36.3. The van der Waals surface area contributed by atoms with Gasteiger partial charge in [0.05, 0.1) is 11.5 Å². The lowest BCUT2D eigenvalue weighted by Gasteiger charge is -2.14. The molecule has 0 fully saturated rings. The van der Waals surface area contributed by atoms with Crippen molar-refractivity contribution in [3.8, 4) is 11.5 Å². The summed E-state index contributed by atoms with van der Waals surface area (Å²) in [5.74, 6) is 0.869. The van der Waals surface area contributed by atoms with E-state index < -0.39 is 10.0 Å². The molecule has 146 valence electrons. The first-order chi connectivity index (χ1) is 12.7. The summed E-state index contributed by atoms with van der Waals surface area (Å²) in [6.07, 6.45) is 0. The number of nitrogens with one attached hydrogen (secondary N) is 1. The number of nitrogens with zero attached hydrogens (tertiary/aromatic N) is 1. The zero-order valence-electron chi connectivity index (χ0n) is 15.9. The molecule has 27 heavy (non-hydrogen) atoms. The van der Waals surface area contributed by atoms with Crippen molar-refractivity contribution in [3.63, 3.8) is 0 Å². The molecule has 7 nitrogen and oxygen atoms in total. The van der Waals surface area contributed by atoms with Crippen LogP contribution in [0.3, 0.4) is 0 Å². The summed E-state index contributed by atoms with van der Waals surface area (Å²) in [4.78, 5) is 12.2. The summed E-state index contributed by atoms with van der Waals surface area (Å²) in [5, 5.41) is 2.73. The van der Waals surface area contributed by atoms with Crippen molar-refractivity contribution in [2.45, 2.75) is 18.7 Å². The van der Waals surface area contributed by atoms with Gasteiger partial charge in [-0.25, -0.2) is 12.7 Å². The molecule has 0 aliphatic carbocycles. The number of hydrogen-bond acceptors (Lipinski definition) is 5. The van der Waals surface area contributed by atoms with E-state index in [4.69, 9.17) is 9.47 Å². The van der Waals surface area contributed by atoms with Crippen LogP contribution >= 0.6 is 0 Å². The van der Waals surface area contributed by atoms with Gasteiger partial charge in [0, 0.05) is 19.8 Å². The van der Waals surface area contributed by atoms with Crippen LogP contribution in [-0.4, -0.2) is 45.9 Å². The molecule has 1 N–H and O–H groups in total. The molecule has 0 spiro atoms. The van der Waals surface area contributed by atoms with E-state index in [0.29, 0.717) is 23.6 Å². The van der Waals surface area contributed by atoms with Gasteiger partial charge in [-0.1, -0.05) is 0 Å². The Hall–Kier alpha value is -2.58. The number of anilines is 1. The van der Waals surface area contributed by atoms with E-state index in [0.717, 1.165) is 10.1 Å². The third-order valence-electron chi connectivity index (χ3n) is 3.73. The molecule has 0 atom stereocenters. The average Bonchev–Trinajstić information content (AvgIpc) is 2.62. The molecule has 0 unspecified atom stereocenters. The molecular formula is C19H24N2O5S. The van der Waals surface area contributed by atoms with Gasteiger partial charge in [-0.15, -0.1) is 0 Å². The highest BCUT2D eigenvalue weighted by Gasteiger charge is 2.18. The topological polar surface area (TPSA) is 84.9 Å². The molecule has 0 aliphatic rings. The molecule has 2 rings (SSSR count). The van der Waals surface area contributed by atoms with Crippen molar-refractivity contribution in [2.75, 3.05) is 32.6 Å². The van der Waals surface area contributed by atoms with E-state index in [1.807, 2.05) is 6.92 Å². The largest absolute Gasteiger partial charge is 0.494 e. The van der Waals surface area contributed by atoms with Crippen LogP contribution in [-0.2, 0) is 14.8 Å². The smallest absolute Gasteiger partial charge is 0.262 e. The minimum atomic E-state index is -3.51. The van der Waals surface area contributed by atoms with Crippen molar-refractivity contribution in [1.82, 2.24) is 4.31 Å². The number of amides is 1. The first-order valence-electron chi connectivity index (χ1n) is 8.42. The van der Waals surface area contributed by atoms with Crippen molar-refractivity contribution in [1.29, 1.82) is 0 Å². The lowest BCUT2D eigenvalue weighted by molar-refractivity contribution is -0.118. The third-order valence-corrected chi connectivity index (χ3v) is 5.54. The molecular weight excluding hydrogens is 368 g/mol. The number of ether oxygens (including phenoxy) is 2. The number of sulfonamides is 1. The van der Waals surface area contributed by atoms with Crippen molar-refractivity contribution in [3.05, 3.63) is 48.0 Å². The van der Waals surface area contributed by atoms with Gasteiger partial charge in [0.2, 0.25) is 10.0 Å². The number of carbonyl (C=O) groups excluding carboxylic acids is 1. The minimum absolute atomic E-state index is 0.177. The van der Waals surface area contributed by atoms with Crippen LogP contribution in [0.4, 0.5) is 5.69 Å². The highest BCUT2D eigenvalue weighted by molar-refractivity contribution is 7.89. The maximum Gasteiger partial charge on any atom is 0.262 e. The number of carbonyl (C=O) groups is 1. The zero-order valence-corrected chi connectivity index (χ0v) is 16.7. The number of hydrogen-bond donors (Lipinski definition) is 1. The van der Waals surface area contributed by atoms with Gasteiger partial charge in [0.1, 0.15) is 11.5 Å². The summed E-state index contributed by atoms with van der Waals surface area (Å²) in [7, 11) is -0.563. The summed E-state index contributed by atoms with van der Waals surface area (Å²) >= 11 is 0. The van der Waals surface area contributed by atoms with E-state index >= 15 is 0 Å². The van der Waals surface area contributed by atoms with Crippen molar-refractivity contribution >= 4 is 21.6 Å². The Morgan fingerprint density at radius 1 is 1.07 bits per heavy atom. The molecule has 0 aliphatic heterocycles. The molecule has 2 aromatic carbocycles. The van der Waals surface area contributed by atoms with Crippen molar-refractivity contribution < 1.29 is 22.7 Å². The van der Waals surface area contributed by atoms with Crippen LogP contribution in [0.25, 0.3) is 0 Å². The van der Waals surface area contributed by atoms with Gasteiger partial charge in [-0.2, -0.15) is 0 Å². The second-order valence-electron chi connectivity index (χ2n) is 6.01. The highest BCUT2D eigenvalue weighted by Crippen LogP contribution is 2.23. The first-order valence-corrected chi connectivity index (χ1v) is 9.86. The van der Waals surface area contributed by atoms with Crippen LogP contribution in [0, 0.1) is 6.92 Å². The van der Waals surface area contributed by atoms with Crippen LogP contribution in [0.5, 0.6) is 11.5 Å². The van der Waals surface area contributed by atoms with E-state index in [2.05, 4.69) is 5.32 Å². The molecule has 0 heterocycles. The highest BCUT2D eigenvalue weighted by atomic mass is 32.2. The Balaban J connectivity index is 1.97. The predicted molar refractivity (Wildman–Crippen MR) is 104 cm³/mol. The van der Waals surface area contributed by atoms with Gasteiger partial charge in [0.15, 0.2) is 6.61 Å². The fourth-order valence-electron chi connectivity index (χ4n) is 2.30. The average molecular weight is 392 g/mol. The fourth-order valence-corrected chi connectivity index (χ4v) is 3.28. The molecule has 0 saturated carbocycles. The lowest BCUT2D eigenvalue weighted by Crippen LogP contribution is -2.22. The second kappa shape index (κ2) is 8.88. The number of benzene rings is 2. The van der Waals surface area contributed by atoms with Gasteiger partial charge in [0.25, 0.3) is 5.91 Å². The SMILES string of the molecule is CCOc1ccc(NC(=O)COc2ccc(S(=O)(=O)N(C)C)cc2C)cc1. The molecule has 0 aromatic heterocycles. The van der Waals surface area contributed by atoms with E-state index in [9.17, 15) is 13.2 Å². The normalized spacial score (nSPS) is 11.3. The van der Waals surface area contributed by atoms with Crippen LogP contribution in [0.2, 0.25) is 0 Å². The Bertz CT molecular complexity index is 893. The maximum absolute atomic E-state index is 12.1. The van der Waals surface area contributed by atoms with Crippen molar-refractivity contribution in [2.24, 2.45) is 0 Å². The predicted octanol–water partition coefficient (Wildman–Crippen LogP) is 2.66. The maximum atomic E-state index is 12.1.